The van der Waals surface area contributed by atoms with Crippen LogP contribution in [0.3, 0.4) is 0 Å². The third-order valence-corrected chi connectivity index (χ3v) is 4.66. The number of nitrogens with zero attached hydrogens (tertiary/aromatic N) is 1. The van der Waals surface area contributed by atoms with E-state index in [1.54, 1.807) is 0 Å². The average molecular weight is 326 g/mol. The maximum absolute atomic E-state index is 12.3. The van der Waals surface area contributed by atoms with Gasteiger partial charge in [-0.25, -0.2) is 4.79 Å². The highest BCUT2D eigenvalue weighted by atomic mass is 16.4. The minimum Gasteiger partial charge on any atom is -0.480 e. The van der Waals surface area contributed by atoms with Crippen molar-refractivity contribution in [3.05, 3.63) is 42.1 Å². The van der Waals surface area contributed by atoms with Gasteiger partial charge in [0.1, 0.15) is 6.04 Å². The Labute approximate surface area is 141 Å². The number of pyridine rings is 1. The molecule has 3 rings (SSSR count). The standard InChI is InChI=1S/C19H22N2O3/c22-18(14-7-2-1-3-8-14)21-17(19(23)24)12-15-11-10-13-6-4-5-9-16(13)20-15/h4-6,9-11,14,17H,1-3,7-8,12H2,(H,21,22)(H,23,24)/t17-/m0/s1. The molecule has 1 aliphatic carbocycles. The Bertz CT molecular complexity index is 738. The molecule has 1 fully saturated rings. The number of hydrogen-bond donors (Lipinski definition) is 2. The molecule has 1 atom stereocenters. The largest absolute Gasteiger partial charge is 0.480 e. The fourth-order valence-corrected chi connectivity index (χ4v) is 3.29. The fraction of sp³-hybridized carbons (Fsp3) is 0.421. The van der Waals surface area contributed by atoms with Crippen LogP contribution >= 0.6 is 0 Å². The van der Waals surface area contributed by atoms with Crippen LogP contribution in [0.4, 0.5) is 0 Å². The average Bonchev–Trinajstić information content (AvgIpc) is 2.61. The van der Waals surface area contributed by atoms with Crippen LogP contribution in [0.15, 0.2) is 36.4 Å². The van der Waals surface area contributed by atoms with Crippen LogP contribution in [0.5, 0.6) is 0 Å². The molecule has 24 heavy (non-hydrogen) atoms. The molecule has 0 saturated heterocycles. The minimum absolute atomic E-state index is 0.0508. The first-order valence-electron chi connectivity index (χ1n) is 8.51. The van der Waals surface area contributed by atoms with Gasteiger partial charge in [-0.15, -0.1) is 0 Å². The van der Waals surface area contributed by atoms with Crippen LogP contribution in [0.25, 0.3) is 10.9 Å². The maximum Gasteiger partial charge on any atom is 0.326 e. The Kier molecular flexibility index (Phi) is 5.08. The van der Waals surface area contributed by atoms with Crippen molar-refractivity contribution in [2.24, 2.45) is 5.92 Å². The molecule has 0 radical (unpaired) electrons. The van der Waals surface area contributed by atoms with Crippen LogP contribution in [-0.2, 0) is 16.0 Å². The second kappa shape index (κ2) is 7.43. The number of hydrogen-bond acceptors (Lipinski definition) is 3. The summed E-state index contributed by atoms with van der Waals surface area (Å²) in [6, 6.07) is 10.5. The molecule has 1 saturated carbocycles. The Morgan fingerprint density at radius 3 is 2.62 bits per heavy atom. The summed E-state index contributed by atoms with van der Waals surface area (Å²) in [6.45, 7) is 0. The van der Waals surface area contributed by atoms with E-state index in [1.807, 2.05) is 36.4 Å². The predicted octanol–water partition coefficient (Wildman–Crippen LogP) is 2.93. The minimum atomic E-state index is -1.02. The summed E-state index contributed by atoms with van der Waals surface area (Å²) < 4.78 is 0. The lowest BCUT2D eigenvalue weighted by Gasteiger charge is -2.23. The SMILES string of the molecule is O=C(N[C@@H](Cc1ccc2ccccc2n1)C(=O)O)C1CCCCC1. The number of fused-ring (bicyclic) bond motifs is 1. The van der Waals surface area contributed by atoms with Gasteiger partial charge in [0.15, 0.2) is 0 Å². The van der Waals surface area contributed by atoms with Gasteiger partial charge in [0.05, 0.1) is 5.52 Å². The van der Waals surface area contributed by atoms with Gasteiger partial charge in [0.25, 0.3) is 0 Å². The number of amides is 1. The van der Waals surface area contributed by atoms with Gasteiger partial charge in [0.2, 0.25) is 5.91 Å². The first-order chi connectivity index (χ1) is 11.6. The van der Waals surface area contributed by atoms with E-state index in [0.29, 0.717) is 5.69 Å². The van der Waals surface area contributed by atoms with Crippen LogP contribution in [0.2, 0.25) is 0 Å². The summed E-state index contributed by atoms with van der Waals surface area (Å²) in [5.41, 5.74) is 1.50. The summed E-state index contributed by atoms with van der Waals surface area (Å²) in [5, 5.41) is 13.2. The lowest BCUT2D eigenvalue weighted by Crippen LogP contribution is -2.45. The van der Waals surface area contributed by atoms with E-state index in [-0.39, 0.29) is 18.2 Å². The summed E-state index contributed by atoms with van der Waals surface area (Å²) in [5.74, 6) is -1.21. The van der Waals surface area contributed by atoms with Gasteiger partial charge >= 0.3 is 5.97 Å². The molecule has 0 spiro atoms. The lowest BCUT2D eigenvalue weighted by molar-refractivity contribution is -0.142. The third kappa shape index (κ3) is 3.91. The molecule has 1 heterocycles. The van der Waals surface area contributed by atoms with Crippen LogP contribution in [0.1, 0.15) is 37.8 Å². The molecule has 1 aromatic heterocycles. The number of rotatable bonds is 5. The number of carbonyl (C=O) groups excluding carboxylic acids is 1. The Morgan fingerprint density at radius 1 is 1.12 bits per heavy atom. The molecule has 0 unspecified atom stereocenters. The number of para-hydroxylation sites is 1. The number of benzene rings is 1. The van der Waals surface area contributed by atoms with Crippen molar-refractivity contribution in [2.75, 3.05) is 0 Å². The van der Waals surface area contributed by atoms with Gasteiger partial charge in [-0.3, -0.25) is 9.78 Å². The van der Waals surface area contributed by atoms with Crippen molar-refractivity contribution in [3.63, 3.8) is 0 Å². The zero-order chi connectivity index (χ0) is 16.9. The molecule has 1 aliphatic rings. The number of carboxylic acid groups (broad SMARTS) is 1. The molecule has 5 heteroatoms. The number of carboxylic acids is 1. The number of aromatic nitrogens is 1. The van der Waals surface area contributed by atoms with Crippen LogP contribution in [0, 0.1) is 5.92 Å². The highest BCUT2D eigenvalue weighted by Crippen LogP contribution is 2.24. The topological polar surface area (TPSA) is 79.3 Å². The summed E-state index contributed by atoms with van der Waals surface area (Å²) in [7, 11) is 0. The second-order valence-corrected chi connectivity index (χ2v) is 6.43. The molecule has 1 aromatic carbocycles. The zero-order valence-corrected chi connectivity index (χ0v) is 13.6. The van der Waals surface area contributed by atoms with Gasteiger partial charge in [0, 0.05) is 23.4 Å². The van der Waals surface area contributed by atoms with Gasteiger partial charge in [-0.2, -0.15) is 0 Å². The van der Waals surface area contributed by atoms with Crippen molar-refractivity contribution < 1.29 is 14.7 Å². The van der Waals surface area contributed by atoms with E-state index < -0.39 is 12.0 Å². The molecule has 126 valence electrons. The summed E-state index contributed by atoms with van der Waals surface area (Å²) >= 11 is 0. The first kappa shape index (κ1) is 16.4. The quantitative estimate of drug-likeness (QED) is 0.885. The summed E-state index contributed by atoms with van der Waals surface area (Å²) in [4.78, 5) is 28.4. The molecule has 2 N–H and O–H groups in total. The van der Waals surface area contributed by atoms with E-state index in [9.17, 15) is 14.7 Å². The molecule has 2 aromatic rings. The van der Waals surface area contributed by atoms with Crippen molar-refractivity contribution in [1.29, 1.82) is 0 Å². The van der Waals surface area contributed by atoms with E-state index in [4.69, 9.17) is 0 Å². The Hall–Kier alpha value is -2.43. The van der Waals surface area contributed by atoms with Crippen molar-refractivity contribution in [3.8, 4) is 0 Å². The van der Waals surface area contributed by atoms with E-state index in [1.165, 1.54) is 0 Å². The number of nitrogens with one attached hydrogen (secondary N) is 1. The van der Waals surface area contributed by atoms with E-state index in [0.717, 1.165) is 43.0 Å². The van der Waals surface area contributed by atoms with Crippen LogP contribution < -0.4 is 5.32 Å². The highest BCUT2D eigenvalue weighted by Gasteiger charge is 2.26. The number of carbonyl (C=O) groups is 2. The van der Waals surface area contributed by atoms with E-state index in [2.05, 4.69) is 10.3 Å². The zero-order valence-electron chi connectivity index (χ0n) is 13.6. The van der Waals surface area contributed by atoms with E-state index >= 15 is 0 Å². The smallest absolute Gasteiger partial charge is 0.326 e. The molecule has 0 bridgehead atoms. The highest BCUT2D eigenvalue weighted by molar-refractivity contribution is 5.85. The number of aliphatic carboxylic acids is 1. The van der Waals surface area contributed by atoms with Gasteiger partial charge in [-0.05, 0) is 25.0 Å². The molecule has 0 aliphatic heterocycles. The molecular formula is C19H22N2O3. The van der Waals surface area contributed by atoms with Crippen molar-refractivity contribution >= 4 is 22.8 Å². The maximum atomic E-state index is 12.3. The molecular weight excluding hydrogens is 304 g/mol. The monoisotopic (exact) mass is 326 g/mol. The van der Waals surface area contributed by atoms with Crippen molar-refractivity contribution in [2.45, 2.75) is 44.6 Å². The van der Waals surface area contributed by atoms with Crippen molar-refractivity contribution in [1.82, 2.24) is 10.3 Å². The lowest BCUT2D eigenvalue weighted by atomic mass is 9.88. The fourth-order valence-electron chi connectivity index (χ4n) is 3.29. The van der Waals surface area contributed by atoms with Crippen LogP contribution in [-0.4, -0.2) is 28.0 Å². The Morgan fingerprint density at radius 2 is 1.88 bits per heavy atom. The molecule has 1 amide bonds. The second-order valence-electron chi connectivity index (χ2n) is 6.43. The first-order valence-corrected chi connectivity index (χ1v) is 8.51. The predicted molar refractivity (Wildman–Crippen MR) is 91.6 cm³/mol. The Balaban J connectivity index is 1.70. The van der Waals surface area contributed by atoms with Gasteiger partial charge in [-0.1, -0.05) is 43.5 Å². The molecule has 5 nitrogen and oxygen atoms in total. The summed E-state index contributed by atoms with van der Waals surface area (Å²) in [6.07, 6.45) is 5.15. The van der Waals surface area contributed by atoms with Gasteiger partial charge < -0.3 is 10.4 Å². The normalized spacial score (nSPS) is 16.7. The third-order valence-electron chi connectivity index (χ3n) is 4.66.